The van der Waals surface area contributed by atoms with Gasteiger partial charge in [0.25, 0.3) is 0 Å². The van der Waals surface area contributed by atoms with Gasteiger partial charge in [-0.25, -0.2) is 0 Å². The van der Waals surface area contributed by atoms with Gasteiger partial charge in [-0.15, -0.1) is 0 Å². The van der Waals surface area contributed by atoms with Crippen molar-refractivity contribution in [3.63, 3.8) is 0 Å². The monoisotopic (exact) mass is 274 g/mol. The lowest BCUT2D eigenvalue weighted by Crippen LogP contribution is -2.41. The topological polar surface area (TPSA) is 52.6 Å². The number of phenolic OH excluding ortho intramolecular Hbond substituents is 1. The maximum absolute atomic E-state index is 12.8. The average Bonchev–Trinajstić information content (AvgIpc) is 3.17. The molecule has 2 atom stereocenters. The fourth-order valence-corrected chi connectivity index (χ4v) is 3.03. The minimum atomic E-state index is 0.105. The second kappa shape index (κ2) is 5.44. The van der Waals surface area contributed by atoms with E-state index in [1.807, 2.05) is 17.0 Å². The number of amides is 1. The second-order valence-electron chi connectivity index (χ2n) is 6.01. The molecule has 1 saturated heterocycles. The number of hydrogen-bond acceptors (Lipinski definition) is 3. The van der Waals surface area contributed by atoms with Crippen molar-refractivity contribution >= 4 is 5.91 Å². The highest BCUT2D eigenvalue weighted by molar-refractivity contribution is 5.80. The van der Waals surface area contributed by atoms with Crippen LogP contribution in [0, 0.1) is 5.92 Å². The van der Waals surface area contributed by atoms with Crippen molar-refractivity contribution in [1.82, 2.24) is 10.2 Å². The molecule has 1 aromatic rings. The van der Waals surface area contributed by atoms with E-state index in [4.69, 9.17) is 0 Å². The molecule has 3 rings (SSSR count). The molecule has 1 aliphatic carbocycles. The predicted octanol–water partition coefficient (Wildman–Crippen LogP) is 1.88. The van der Waals surface area contributed by atoms with Crippen LogP contribution in [0.1, 0.15) is 31.7 Å². The van der Waals surface area contributed by atoms with Crippen molar-refractivity contribution in [2.45, 2.75) is 44.8 Å². The maximum Gasteiger partial charge on any atom is 0.227 e. The van der Waals surface area contributed by atoms with Gasteiger partial charge in [0, 0.05) is 18.6 Å². The van der Waals surface area contributed by atoms with Gasteiger partial charge in [-0.05, 0) is 50.4 Å². The summed E-state index contributed by atoms with van der Waals surface area (Å²) in [6.07, 6.45) is 3.15. The van der Waals surface area contributed by atoms with Crippen LogP contribution in [0.3, 0.4) is 0 Å². The number of aromatic hydroxyl groups is 1. The summed E-state index contributed by atoms with van der Waals surface area (Å²) < 4.78 is 0. The molecule has 20 heavy (non-hydrogen) atoms. The van der Waals surface area contributed by atoms with E-state index in [1.165, 1.54) is 0 Å². The van der Waals surface area contributed by atoms with Gasteiger partial charge in [0.05, 0.1) is 5.92 Å². The van der Waals surface area contributed by atoms with Gasteiger partial charge in [0.1, 0.15) is 5.75 Å². The van der Waals surface area contributed by atoms with E-state index >= 15 is 0 Å². The Hall–Kier alpha value is -1.55. The molecule has 0 aromatic heterocycles. The Bertz CT molecular complexity index is 499. The number of nitrogens with zero attached hydrogens (tertiary/aromatic N) is 1. The molecular weight excluding hydrogens is 252 g/mol. The molecule has 1 aliphatic heterocycles. The first-order valence-electron chi connectivity index (χ1n) is 7.47. The van der Waals surface area contributed by atoms with Crippen LogP contribution in [0.2, 0.25) is 0 Å². The summed E-state index contributed by atoms with van der Waals surface area (Å²) in [4.78, 5) is 14.8. The Morgan fingerprint density at radius 2 is 2.20 bits per heavy atom. The highest BCUT2D eigenvalue weighted by Crippen LogP contribution is 2.32. The largest absolute Gasteiger partial charge is 0.508 e. The van der Waals surface area contributed by atoms with Crippen molar-refractivity contribution in [2.75, 3.05) is 6.54 Å². The molecule has 0 bridgehead atoms. The van der Waals surface area contributed by atoms with Crippen LogP contribution in [0.4, 0.5) is 0 Å². The van der Waals surface area contributed by atoms with Crippen molar-refractivity contribution < 1.29 is 9.90 Å². The molecule has 2 unspecified atom stereocenters. The third-order valence-corrected chi connectivity index (χ3v) is 4.38. The summed E-state index contributed by atoms with van der Waals surface area (Å²) in [5.74, 6) is 0.642. The van der Waals surface area contributed by atoms with E-state index in [9.17, 15) is 9.90 Å². The highest BCUT2D eigenvalue weighted by Gasteiger charge is 2.39. The van der Waals surface area contributed by atoms with Crippen molar-refractivity contribution in [3.8, 4) is 5.75 Å². The second-order valence-corrected chi connectivity index (χ2v) is 6.01. The van der Waals surface area contributed by atoms with Crippen molar-refractivity contribution in [2.24, 2.45) is 5.92 Å². The predicted molar refractivity (Wildman–Crippen MR) is 77.3 cm³/mol. The first-order chi connectivity index (χ1) is 9.65. The Balaban J connectivity index is 1.74. The summed E-state index contributed by atoms with van der Waals surface area (Å²) >= 11 is 0. The Morgan fingerprint density at radius 1 is 1.40 bits per heavy atom. The number of phenols is 1. The third-order valence-electron chi connectivity index (χ3n) is 4.38. The molecule has 4 heteroatoms. The minimum absolute atomic E-state index is 0.105. The number of carbonyl (C=O) groups excluding carboxylic acids is 1. The van der Waals surface area contributed by atoms with Gasteiger partial charge in [0.15, 0.2) is 0 Å². The summed E-state index contributed by atoms with van der Waals surface area (Å²) in [6, 6.07) is 7.89. The zero-order chi connectivity index (χ0) is 14.1. The normalized spacial score (nSPS) is 25.6. The minimum Gasteiger partial charge on any atom is -0.508 e. The van der Waals surface area contributed by atoms with Gasteiger partial charge >= 0.3 is 0 Å². The lowest BCUT2D eigenvalue weighted by atomic mass is 10.00. The molecule has 2 fully saturated rings. The molecule has 2 N–H and O–H groups in total. The SMILES string of the molecule is CC1NCCC1C(=O)N(Cc1cccc(O)c1)C1CC1. The van der Waals surface area contributed by atoms with Gasteiger partial charge in [-0.3, -0.25) is 4.79 Å². The molecule has 1 heterocycles. The number of rotatable bonds is 4. The smallest absolute Gasteiger partial charge is 0.227 e. The van der Waals surface area contributed by atoms with Gasteiger partial charge in [0.2, 0.25) is 5.91 Å². The van der Waals surface area contributed by atoms with E-state index in [-0.39, 0.29) is 23.6 Å². The van der Waals surface area contributed by atoms with Crippen LogP contribution in [-0.4, -0.2) is 34.5 Å². The molecule has 2 aliphatic rings. The molecular formula is C16H22N2O2. The van der Waals surface area contributed by atoms with Crippen LogP contribution < -0.4 is 5.32 Å². The van der Waals surface area contributed by atoms with Gasteiger partial charge < -0.3 is 15.3 Å². The van der Waals surface area contributed by atoms with Crippen molar-refractivity contribution in [3.05, 3.63) is 29.8 Å². The standard InChI is InChI=1S/C16H22N2O2/c1-11-15(7-8-17-11)16(20)18(13-5-6-13)10-12-3-2-4-14(19)9-12/h2-4,9,11,13,15,17,19H,5-8,10H2,1H3. The molecule has 0 spiro atoms. The molecule has 4 nitrogen and oxygen atoms in total. The number of carbonyl (C=O) groups is 1. The summed E-state index contributed by atoms with van der Waals surface area (Å²) in [5.41, 5.74) is 1.00. The fraction of sp³-hybridized carbons (Fsp3) is 0.562. The van der Waals surface area contributed by atoms with Gasteiger partial charge in [-0.1, -0.05) is 12.1 Å². The van der Waals surface area contributed by atoms with Gasteiger partial charge in [-0.2, -0.15) is 0 Å². The lowest BCUT2D eigenvalue weighted by Gasteiger charge is -2.27. The quantitative estimate of drug-likeness (QED) is 0.881. The van der Waals surface area contributed by atoms with E-state index in [0.29, 0.717) is 12.6 Å². The van der Waals surface area contributed by atoms with Crippen LogP contribution in [0.25, 0.3) is 0 Å². The summed E-state index contributed by atoms with van der Waals surface area (Å²) in [7, 11) is 0. The maximum atomic E-state index is 12.8. The molecule has 1 saturated carbocycles. The van der Waals surface area contributed by atoms with E-state index < -0.39 is 0 Å². The zero-order valence-electron chi connectivity index (χ0n) is 11.9. The van der Waals surface area contributed by atoms with E-state index in [0.717, 1.165) is 31.4 Å². The number of hydrogen-bond donors (Lipinski definition) is 2. The first kappa shape index (κ1) is 13.4. The fourth-order valence-electron chi connectivity index (χ4n) is 3.03. The van der Waals surface area contributed by atoms with Crippen LogP contribution >= 0.6 is 0 Å². The van der Waals surface area contributed by atoms with Crippen LogP contribution in [0.5, 0.6) is 5.75 Å². The van der Waals surface area contributed by atoms with Crippen LogP contribution in [0.15, 0.2) is 24.3 Å². The van der Waals surface area contributed by atoms with E-state index in [2.05, 4.69) is 12.2 Å². The van der Waals surface area contributed by atoms with E-state index in [1.54, 1.807) is 12.1 Å². The van der Waals surface area contributed by atoms with Crippen molar-refractivity contribution in [1.29, 1.82) is 0 Å². The number of benzene rings is 1. The number of nitrogens with one attached hydrogen (secondary N) is 1. The first-order valence-corrected chi connectivity index (χ1v) is 7.47. The molecule has 1 amide bonds. The molecule has 0 radical (unpaired) electrons. The third kappa shape index (κ3) is 2.80. The zero-order valence-corrected chi connectivity index (χ0v) is 11.9. The Morgan fingerprint density at radius 3 is 2.80 bits per heavy atom. The molecule has 108 valence electrons. The summed E-state index contributed by atoms with van der Waals surface area (Å²) in [6.45, 7) is 3.64. The Kier molecular flexibility index (Phi) is 3.66. The highest BCUT2D eigenvalue weighted by atomic mass is 16.3. The van der Waals surface area contributed by atoms with Crippen LogP contribution in [-0.2, 0) is 11.3 Å². The average molecular weight is 274 g/mol. The Labute approximate surface area is 119 Å². The molecule has 1 aromatic carbocycles. The summed E-state index contributed by atoms with van der Waals surface area (Å²) in [5, 5.41) is 12.9. The lowest BCUT2D eigenvalue weighted by molar-refractivity contribution is -0.137.